The Morgan fingerprint density at radius 3 is 1.87 bits per heavy atom. The van der Waals surface area contributed by atoms with E-state index in [4.69, 9.17) is 9.90 Å². The first kappa shape index (κ1) is 18.5. The number of benzene rings is 7. The fourth-order valence-corrected chi connectivity index (χ4v) is 5.68. The van der Waals surface area contributed by atoms with E-state index in [1.165, 1.54) is 0 Å². The average molecular weight is 612 g/mol. The van der Waals surface area contributed by atoms with Crippen LogP contribution in [0.3, 0.4) is 0 Å². The van der Waals surface area contributed by atoms with E-state index in [0.717, 1.165) is 5.39 Å². The van der Waals surface area contributed by atoms with Crippen molar-refractivity contribution in [1.29, 1.82) is 0 Å². The first-order valence-corrected chi connectivity index (χ1v) is 14.9. The van der Waals surface area contributed by atoms with E-state index in [1.807, 2.05) is 24.3 Å². The molecule has 0 N–H and O–H groups in total. The second-order valence-corrected chi connectivity index (χ2v) is 10.8. The van der Waals surface area contributed by atoms with E-state index in [2.05, 4.69) is 15.0 Å². The number of hydrogen-bond acceptors (Lipinski definition) is 4. The van der Waals surface area contributed by atoms with Crippen molar-refractivity contribution in [3.05, 3.63) is 164 Å². The highest BCUT2D eigenvalue weighted by atomic mass is 16.3. The Kier molecular flexibility index (Phi) is 4.42. The molecule has 9 rings (SSSR count). The van der Waals surface area contributed by atoms with Gasteiger partial charge in [0, 0.05) is 27.5 Å². The molecule has 7 aromatic carbocycles. The molecule has 2 aromatic heterocycles. The Balaban J connectivity index is 1.34. The summed E-state index contributed by atoms with van der Waals surface area (Å²) in [4.78, 5) is 13.9. The summed E-state index contributed by atoms with van der Waals surface area (Å²) in [6.45, 7) is 0. The van der Waals surface area contributed by atoms with Crippen molar-refractivity contribution >= 4 is 32.7 Å². The molecular weight excluding hydrogens is 574 g/mol. The highest BCUT2D eigenvalue weighted by Gasteiger charge is 2.16. The fraction of sp³-hybridized carbons (Fsp3) is 0. The third-order valence-corrected chi connectivity index (χ3v) is 7.91. The minimum Gasteiger partial charge on any atom is -0.456 e. The normalized spacial score (nSPS) is 14.4. The highest BCUT2D eigenvalue weighted by Crippen LogP contribution is 2.37. The Hall–Kier alpha value is -6.39. The van der Waals surface area contributed by atoms with E-state index in [9.17, 15) is 8.22 Å². The van der Waals surface area contributed by atoms with Gasteiger partial charge in [0.15, 0.2) is 17.5 Å². The minimum atomic E-state index is -0.556. The molecule has 0 amide bonds. The summed E-state index contributed by atoms with van der Waals surface area (Å²) in [5.74, 6) is -0.504. The van der Waals surface area contributed by atoms with Crippen molar-refractivity contribution in [1.82, 2.24) is 15.0 Å². The number of rotatable bonds is 5. The van der Waals surface area contributed by atoms with Crippen LogP contribution in [0.2, 0.25) is 0 Å². The zero-order valence-corrected chi connectivity index (χ0v) is 24.6. The van der Waals surface area contributed by atoms with E-state index >= 15 is 0 Å². The zero-order valence-electron chi connectivity index (χ0n) is 34.6. The summed E-state index contributed by atoms with van der Waals surface area (Å²) < 4.78 is 97.3. The predicted octanol–water partition coefficient (Wildman–Crippen LogP) is 11.3. The van der Waals surface area contributed by atoms with Gasteiger partial charge in [-0.1, -0.05) is 145 Å². The van der Waals surface area contributed by atoms with Crippen LogP contribution in [-0.2, 0) is 0 Å². The lowest BCUT2D eigenvalue weighted by Gasteiger charge is -2.12. The molecule has 0 aliphatic heterocycles. The zero-order chi connectivity index (χ0) is 39.9. The summed E-state index contributed by atoms with van der Waals surface area (Å²) in [5.41, 5.74) is 2.21. The number of hydrogen-bond donors (Lipinski definition) is 0. The van der Waals surface area contributed by atoms with Gasteiger partial charge >= 0.3 is 0 Å². The molecule has 0 spiro atoms. The quantitative estimate of drug-likeness (QED) is 0.194. The first-order chi connectivity index (χ1) is 27.5. The lowest BCUT2D eigenvalue weighted by atomic mass is 9.98. The molecule has 0 aliphatic rings. The van der Waals surface area contributed by atoms with Crippen LogP contribution in [-0.4, -0.2) is 15.0 Å². The molecule has 0 aliphatic carbocycles. The van der Waals surface area contributed by atoms with Crippen molar-refractivity contribution in [3.63, 3.8) is 0 Å². The second-order valence-electron chi connectivity index (χ2n) is 10.8. The molecule has 0 saturated heterocycles. The van der Waals surface area contributed by atoms with Gasteiger partial charge in [0.2, 0.25) is 0 Å². The SMILES string of the molecule is [2H]c1c([2H])c(-c2cccc3oc4ccccc4c23)c([2H])c([2H])c1-c1nc(-c2ccccc2)nc(-c2c([2H])c([2H])c([2H])c3c([2H])c(-c4ccccc4)c([2H])c([2H])c23)n1. The maximum atomic E-state index is 9.29. The van der Waals surface area contributed by atoms with E-state index in [-0.39, 0.29) is 74.7 Å². The largest absolute Gasteiger partial charge is 0.456 e. The van der Waals surface area contributed by atoms with Gasteiger partial charge in [0.1, 0.15) is 11.2 Å². The molecule has 0 fully saturated rings. The molecule has 0 bridgehead atoms. The maximum absolute atomic E-state index is 9.29. The summed E-state index contributed by atoms with van der Waals surface area (Å²) in [5, 5.41) is 1.10. The number of fused-ring (bicyclic) bond motifs is 4. The lowest BCUT2D eigenvalue weighted by molar-refractivity contribution is 0.669. The third-order valence-electron chi connectivity index (χ3n) is 7.91. The van der Waals surface area contributed by atoms with Gasteiger partial charge in [-0.2, -0.15) is 0 Å². The van der Waals surface area contributed by atoms with Crippen LogP contribution in [0.15, 0.2) is 168 Å². The van der Waals surface area contributed by atoms with Crippen LogP contribution in [0.1, 0.15) is 13.7 Å². The van der Waals surface area contributed by atoms with Crippen molar-refractivity contribution in [2.24, 2.45) is 0 Å². The van der Waals surface area contributed by atoms with Gasteiger partial charge in [0.05, 0.1) is 13.7 Å². The molecule has 0 saturated carbocycles. The highest BCUT2D eigenvalue weighted by molar-refractivity contribution is 6.12. The lowest BCUT2D eigenvalue weighted by Crippen LogP contribution is -2.00. The predicted molar refractivity (Wildman–Crippen MR) is 192 cm³/mol. The Morgan fingerprint density at radius 1 is 0.426 bits per heavy atom. The smallest absolute Gasteiger partial charge is 0.164 e. The summed E-state index contributed by atoms with van der Waals surface area (Å²) in [7, 11) is 0. The molecule has 2 heterocycles. The van der Waals surface area contributed by atoms with Crippen LogP contribution in [0.4, 0.5) is 0 Å². The van der Waals surface area contributed by atoms with Crippen LogP contribution in [0.5, 0.6) is 0 Å². The monoisotopic (exact) mass is 611 g/mol. The molecule has 4 heteroatoms. The molecule has 4 nitrogen and oxygen atoms in total. The number of furan rings is 1. The minimum absolute atomic E-state index is 0.0323. The second kappa shape index (κ2) is 11.2. The maximum Gasteiger partial charge on any atom is 0.164 e. The van der Waals surface area contributed by atoms with Crippen LogP contribution >= 0.6 is 0 Å². The molecule has 0 unspecified atom stereocenters. The van der Waals surface area contributed by atoms with E-state index in [1.54, 1.807) is 78.9 Å². The summed E-state index contributed by atoms with van der Waals surface area (Å²) in [6.07, 6.45) is 0. The van der Waals surface area contributed by atoms with Crippen molar-refractivity contribution < 1.29 is 18.1 Å². The Morgan fingerprint density at radius 2 is 1.06 bits per heavy atom. The van der Waals surface area contributed by atoms with Gasteiger partial charge in [-0.05, 0) is 51.2 Å². The molecule has 220 valence electrons. The van der Waals surface area contributed by atoms with E-state index in [0.29, 0.717) is 33.2 Å². The van der Waals surface area contributed by atoms with Crippen molar-refractivity contribution in [3.8, 4) is 56.4 Å². The van der Waals surface area contributed by atoms with Crippen molar-refractivity contribution in [2.75, 3.05) is 0 Å². The van der Waals surface area contributed by atoms with Gasteiger partial charge in [-0.25, -0.2) is 15.0 Å². The van der Waals surface area contributed by atoms with Gasteiger partial charge in [-0.3, -0.25) is 0 Å². The first-order valence-electron chi connectivity index (χ1n) is 19.9. The standard InChI is InChI=1S/C43H27N3O/c1-3-11-28(12-4-1)32-25-26-34-33(27-32)15-9-18-36(34)43-45-41(30-13-5-2-6-14-30)44-42(46-43)31-23-21-29(22-24-31)35-17-10-20-39-40(35)37-16-7-8-19-38(37)47-39/h1-27H/i9D,15D,18D,21D,22D,23D,24D,25D,26D,27D. The molecule has 0 radical (unpaired) electrons. The van der Waals surface area contributed by atoms with Gasteiger partial charge in [0.25, 0.3) is 0 Å². The van der Waals surface area contributed by atoms with Crippen LogP contribution in [0.25, 0.3) is 89.1 Å². The molecule has 0 atom stereocenters. The molecular formula is C43H27N3O. The number of aromatic nitrogens is 3. The fourth-order valence-electron chi connectivity index (χ4n) is 5.68. The molecule has 47 heavy (non-hydrogen) atoms. The summed E-state index contributed by atoms with van der Waals surface area (Å²) in [6, 6.07) is 25.7. The topological polar surface area (TPSA) is 51.8 Å². The van der Waals surface area contributed by atoms with Gasteiger partial charge < -0.3 is 4.42 Å². The Labute approximate surface area is 285 Å². The number of nitrogens with zero attached hydrogens (tertiary/aromatic N) is 3. The van der Waals surface area contributed by atoms with Crippen LogP contribution < -0.4 is 0 Å². The van der Waals surface area contributed by atoms with Crippen molar-refractivity contribution in [2.45, 2.75) is 0 Å². The molecule has 9 aromatic rings. The Bertz CT molecular complexity index is 3110. The summed E-state index contributed by atoms with van der Waals surface area (Å²) >= 11 is 0. The van der Waals surface area contributed by atoms with E-state index < -0.39 is 36.3 Å². The van der Waals surface area contributed by atoms with Gasteiger partial charge in [-0.15, -0.1) is 0 Å². The van der Waals surface area contributed by atoms with Crippen LogP contribution in [0, 0.1) is 0 Å². The average Bonchev–Trinajstić information content (AvgIpc) is 3.61. The third kappa shape index (κ3) is 4.84. The number of para-hydroxylation sites is 1.